The Labute approximate surface area is 158 Å². The summed E-state index contributed by atoms with van der Waals surface area (Å²) in [4.78, 5) is 13.1. The number of carbonyl (C=O) groups excluding carboxylic acids is 1. The van der Waals surface area contributed by atoms with Crippen molar-refractivity contribution < 1.29 is 29.6 Å². The lowest BCUT2D eigenvalue weighted by atomic mass is 9.77. The van der Waals surface area contributed by atoms with E-state index >= 15 is 0 Å². The molecule has 6 heteroatoms. The van der Waals surface area contributed by atoms with Crippen molar-refractivity contribution in [2.45, 2.75) is 51.7 Å². The van der Waals surface area contributed by atoms with E-state index in [4.69, 9.17) is 9.47 Å². The predicted octanol–water partition coefficient (Wildman–Crippen LogP) is 3.08. The second kappa shape index (κ2) is 7.64. The molecule has 27 heavy (non-hydrogen) atoms. The third-order valence-electron chi connectivity index (χ3n) is 5.25. The Bertz CT molecular complexity index is 803. The van der Waals surface area contributed by atoms with Crippen LogP contribution < -0.4 is 4.74 Å². The number of carbonyl (C=O) groups is 1. The summed E-state index contributed by atoms with van der Waals surface area (Å²) in [6, 6.07) is 1.23. The first-order chi connectivity index (χ1) is 12.8. The molecule has 0 radical (unpaired) electrons. The summed E-state index contributed by atoms with van der Waals surface area (Å²) in [5, 5.41) is 30.6. The molecule has 1 aromatic carbocycles. The minimum absolute atomic E-state index is 0.0888. The van der Waals surface area contributed by atoms with Crippen molar-refractivity contribution in [1.29, 1.82) is 0 Å². The lowest BCUT2D eigenvalue weighted by Gasteiger charge is -2.36. The summed E-state index contributed by atoms with van der Waals surface area (Å²) in [6.45, 7) is 3.90. The van der Waals surface area contributed by atoms with Gasteiger partial charge < -0.3 is 24.8 Å². The van der Waals surface area contributed by atoms with Gasteiger partial charge in [-0.2, -0.15) is 0 Å². The van der Waals surface area contributed by atoms with E-state index in [1.807, 2.05) is 19.9 Å². The van der Waals surface area contributed by atoms with E-state index in [-0.39, 0.29) is 46.2 Å². The standard InChI is InChI=1S/C21H26O6/c1-11(2)4-6-13-16(23)9-17(24)19(21(13)26-3)15-10-27-18-8-12(22)5-7-14(18)20(15)25/h4,9-10,12,14,18,22-24H,5-8H2,1-3H3. The largest absolute Gasteiger partial charge is 0.507 e. The summed E-state index contributed by atoms with van der Waals surface area (Å²) >= 11 is 0. The van der Waals surface area contributed by atoms with Crippen molar-refractivity contribution in [2.75, 3.05) is 7.11 Å². The lowest BCUT2D eigenvalue weighted by Crippen LogP contribution is -2.40. The zero-order chi connectivity index (χ0) is 19.7. The van der Waals surface area contributed by atoms with E-state index < -0.39 is 6.10 Å². The second-order valence-electron chi connectivity index (χ2n) is 7.43. The number of hydrogen-bond donors (Lipinski definition) is 3. The molecular weight excluding hydrogens is 348 g/mol. The SMILES string of the molecule is COc1c(CC=C(C)C)c(O)cc(O)c1C1=COC2CC(O)CCC2C1=O. The molecule has 3 unspecified atom stereocenters. The Morgan fingerprint density at radius 3 is 2.70 bits per heavy atom. The molecule has 0 spiro atoms. The van der Waals surface area contributed by atoms with Gasteiger partial charge in [0.25, 0.3) is 0 Å². The first-order valence-corrected chi connectivity index (χ1v) is 9.16. The van der Waals surface area contributed by atoms with E-state index in [0.717, 1.165) is 5.57 Å². The third-order valence-corrected chi connectivity index (χ3v) is 5.25. The van der Waals surface area contributed by atoms with E-state index in [9.17, 15) is 20.1 Å². The number of benzene rings is 1. The van der Waals surface area contributed by atoms with Gasteiger partial charge in [0.2, 0.25) is 0 Å². The zero-order valence-corrected chi connectivity index (χ0v) is 15.9. The number of rotatable bonds is 4. The summed E-state index contributed by atoms with van der Waals surface area (Å²) in [7, 11) is 1.44. The van der Waals surface area contributed by atoms with Crippen molar-refractivity contribution in [1.82, 2.24) is 0 Å². The Hall–Kier alpha value is -2.47. The Morgan fingerprint density at radius 2 is 2.04 bits per heavy atom. The van der Waals surface area contributed by atoms with Crippen molar-refractivity contribution >= 4 is 11.4 Å². The highest BCUT2D eigenvalue weighted by molar-refractivity contribution is 6.23. The number of ether oxygens (including phenoxy) is 2. The minimum Gasteiger partial charge on any atom is -0.507 e. The maximum absolute atomic E-state index is 13.1. The molecule has 2 aliphatic rings. The fraction of sp³-hybridized carbons (Fsp3) is 0.476. The van der Waals surface area contributed by atoms with Gasteiger partial charge in [-0.15, -0.1) is 0 Å². The van der Waals surface area contributed by atoms with Crippen molar-refractivity contribution in [2.24, 2.45) is 5.92 Å². The van der Waals surface area contributed by atoms with Gasteiger partial charge in [-0.25, -0.2) is 0 Å². The predicted molar refractivity (Wildman–Crippen MR) is 101 cm³/mol. The lowest BCUT2D eigenvalue weighted by molar-refractivity contribution is -0.126. The van der Waals surface area contributed by atoms with Gasteiger partial charge in [-0.05, 0) is 33.1 Å². The van der Waals surface area contributed by atoms with Crippen LogP contribution in [0.3, 0.4) is 0 Å². The molecule has 1 aliphatic heterocycles. The van der Waals surface area contributed by atoms with Crippen molar-refractivity contribution in [3.05, 3.63) is 35.1 Å². The molecule has 3 N–H and O–H groups in total. The molecule has 6 nitrogen and oxygen atoms in total. The van der Waals surface area contributed by atoms with E-state index in [1.54, 1.807) is 0 Å². The first-order valence-electron chi connectivity index (χ1n) is 9.16. The molecule has 0 bridgehead atoms. The summed E-state index contributed by atoms with van der Waals surface area (Å²) in [5.41, 5.74) is 2.05. The quantitative estimate of drug-likeness (QED) is 0.701. The Morgan fingerprint density at radius 1 is 1.30 bits per heavy atom. The highest BCUT2D eigenvalue weighted by Gasteiger charge is 2.41. The molecule has 1 fully saturated rings. The fourth-order valence-corrected chi connectivity index (χ4v) is 3.82. The normalized spacial score (nSPS) is 24.5. The molecule has 1 aromatic rings. The molecule has 0 aromatic heterocycles. The molecule has 0 amide bonds. The number of allylic oxidation sites excluding steroid dienone is 3. The van der Waals surface area contributed by atoms with Crippen LogP contribution in [-0.2, 0) is 16.0 Å². The van der Waals surface area contributed by atoms with Gasteiger partial charge in [-0.3, -0.25) is 4.79 Å². The summed E-state index contributed by atoms with van der Waals surface area (Å²) < 4.78 is 11.2. The van der Waals surface area contributed by atoms with Crippen molar-refractivity contribution in [3.8, 4) is 17.2 Å². The number of phenols is 2. The summed E-state index contributed by atoms with van der Waals surface area (Å²) in [5.74, 6) is -0.544. The van der Waals surface area contributed by atoms with E-state index in [1.165, 1.54) is 19.4 Å². The molecular formula is C21H26O6. The number of fused-ring (bicyclic) bond motifs is 1. The Balaban J connectivity index is 2.07. The highest BCUT2D eigenvalue weighted by atomic mass is 16.5. The first kappa shape index (κ1) is 19.3. The maximum atomic E-state index is 13.1. The van der Waals surface area contributed by atoms with Crippen LogP contribution in [0.2, 0.25) is 0 Å². The topological polar surface area (TPSA) is 96.2 Å². The number of aliphatic hydroxyl groups excluding tert-OH is 1. The average Bonchev–Trinajstić information content (AvgIpc) is 2.61. The van der Waals surface area contributed by atoms with Gasteiger partial charge in [0.05, 0.1) is 36.5 Å². The molecule has 1 saturated carbocycles. The van der Waals surface area contributed by atoms with Crippen molar-refractivity contribution in [3.63, 3.8) is 0 Å². The van der Waals surface area contributed by atoms with E-state index in [0.29, 0.717) is 31.2 Å². The summed E-state index contributed by atoms with van der Waals surface area (Å²) in [6.07, 6.45) is 4.39. The van der Waals surface area contributed by atoms with Crippen LogP contribution in [0.1, 0.15) is 44.2 Å². The van der Waals surface area contributed by atoms with Gasteiger partial charge in [-0.1, -0.05) is 11.6 Å². The monoisotopic (exact) mass is 374 g/mol. The number of methoxy groups -OCH3 is 1. The van der Waals surface area contributed by atoms with Gasteiger partial charge in [0.15, 0.2) is 5.78 Å². The van der Waals surface area contributed by atoms with Crippen LogP contribution >= 0.6 is 0 Å². The average molecular weight is 374 g/mol. The minimum atomic E-state index is -0.457. The van der Waals surface area contributed by atoms with Crippen LogP contribution in [0.15, 0.2) is 24.0 Å². The number of hydrogen-bond acceptors (Lipinski definition) is 6. The van der Waals surface area contributed by atoms with Crippen LogP contribution in [0.4, 0.5) is 0 Å². The Kier molecular flexibility index (Phi) is 5.46. The molecule has 0 saturated heterocycles. The molecule has 1 aliphatic carbocycles. The number of Topliss-reactive ketones (excluding diaryl/α,β-unsaturated/α-hetero) is 1. The van der Waals surface area contributed by atoms with Gasteiger partial charge in [0, 0.05) is 18.1 Å². The molecule has 146 valence electrons. The van der Waals surface area contributed by atoms with Crippen LogP contribution in [0.25, 0.3) is 5.57 Å². The third kappa shape index (κ3) is 3.67. The van der Waals surface area contributed by atoms with E-state index in [2.05, 4.69) is 0 Å². The van der Waals surface area contributed by atoms with Gasteiger partial charge in [0.1, 0.15) is 23.4 Å². The fourth-order valence-electron chi connectivity index (χ4n) is 3.82. The molecule has 3 rings (SSSR count). The van der Waals surface area contributed by atoms with Crippen LogP contribution in [-0.4, -0.2) is 40.4 Å². The second-order valence-corrected chi connectivity index (χ2v) is 7.43. The zero-order valence-electron chi connectivity index (χ0n) is 15.9. The number of aromatic hydroxyl groups is 2. The maximum Gasteiger partial charge on any atom is 0.173 e. The van der Waals surface area contributed by atoms with Gasteiger partial charge >= 0.3 is 0 Å². The number of ketones is 1. The van der Waals surface area contributed by atoms with Crippen LogP contribution in [0.5, 0.6) is 17.2 Å². The number of aliphatic hydroxyl groups is 1. The highest BCUT2D eigenvalue weighted by Crippen LogP contribution is 2.46. The van der Waals surface area contributed by atoms with Crippen LogP contribution in [0, 0.1) is 5.92 Å². The molecule has 1 heterocycles. The number of phenolic OH excluding ortho intramolecular Hbond substituents is 2. The smallest absolute Gasteiger partial charge is 0.173 e. The molecule has 3 atom stereocenters.